The van der Waals surface area contributed by atoms with Gasteiger partial charge in [-0.3, -0.25) is 10.1 Å². The van der Waals surface area contributed by atoms with Crippen molar-refractivity contribution in [2.45, 2.75) is 6.92 Å². The molecule has 0 atom stereocenters. The van der Waals surface area contributed by atoms with Crippen molar-refractivity contribution in [1.29, 1.82) is 0 Å². The third-order valence-electron chi connectivity index (χ3n) is 2.74. The van der Waals surface area contributed by atoms with E-state index in [1.807, 2.05) is 0 Å². The van der Waals surface area contributed by atoms with Crippen LogP contribution >= 0.6 is 0 Å². The SMILES string of the molecule is CCOC(=O)c1ccc(-c2ccc([N+](=O)[O-])cc2OC)o1. The molecule has 0 N–H and O–H groups in total. The van der Waals surface area contributed by atoms with Crippen molar-refractivity contribution in [3.8, 4) is 17.1 Å². The lowest BCUT2D eigenvalue weighted by atomic mass is 10.1. The predicted octanol–water partition coefficient (Wildman–Crippen LogP) is 3.04. The molecule has 7 heteroatoms. The molecule has 110 valence electrons. The van der Waals surface area contributed by atoms with Gasteiger partial charge in [-0.2, -0.15) is 0 Å². The molecule has 0 saturated carbocycles. The van der Waals surface area contributed by atoms with E-state index >= 15 is 0 Å². The normalized spacial score (nSPS) is 10.2. The summed E-state index contributed by atoms with van der Waals surface area (Å²) in [6.45, 7) is 1.94. The Labute approximate surface area is 120 Å². The smallest absolute Gasteiger partial charge is 0.374 e. The first-order valence-electron chi connectivity index (χ1n) is 6.16. The maximum atomic E-state index is 11.6. The van der Waals surface area contributed by atoms with E-state index in [1.54, 1.807) is 13.0 Å². The van der Waals surface area contributed by atoms with E-state index in [0.717, 1.165) is 0 Å². The number of nitrogens with zero attached hydrogens (tertiary/aromatic N) is 1. The molecule has 1 aromatic heterocycles. The number of non-ortho nitro benzene ring substituents is 1. The number of hydrogen-bond acceptors (Lipinski definition) is 6. The maximum Gasteiger partial charge on any atom is 0.374 e. The average molecular weight is 291 g/mol. The van der Waals surface area contributed by atoms with Gasteiger partial charge in [0.15, 0.2) is 0 Å². The minimum atomic E-state index is -0.565. The number of carbonyl (C=O) groups excluding carboxylic acids is 1. The highest BCUT2D eigenvalue weighted by molar-refractivity contribution is 5.87. The summed E-state index contributed by atoms with van der Waals surface area (Å²) in [5.41, 5.74) is 0.423. The number of methoxy groups -OCH3 is 1. The van der Waals surface area contributed by atoms with Gasteiger partial charge in [0.2, 0.25) is 5.76 Å². The fraction of sp³-hybridized carbons (Fsp3) is 0.214. The molecule has 0 fully saturated rings. The van der Waals surface area contributed by atoms with Crippen LogP contribution in [-0.4, -0.2) is 24.6 Å². The summed E-state index contributed by atoms with van der Waals surface area (Å²) in [5, 5.41) is 10.7. The monoisotopic (exact) mass is 291 g/mol. The summed E-state index contributed by atoms with van der Waals surface area (Å²) in [6.07, 6.45) is 0. The van der Waals surface area contributed by atoms with Crippen LogP contribution in [0.2, 0.25) is 0 Å². The standard InChI is InChI=1S/C14H13NO6/c1-3-20-14(16)12-7-6-11(21-12)10-5-4-9(15(17)18)8-13(10)19-2/h4-8H,3H2,1-2H3. The molecule has 1 aromatic carbocycles. The van der Waals surface area contributed by atoms with E-state index in [2.05, 4.69) is 0 Å². The second-order valence-corrected chi connectivity index (χ2v) is 4.03. The number of hydrogen-bond donors (Lipinski definition) is 0. The Hall–Kier alpha value is -2.83. The molecule has 21 heavy (non-hydrogen) atoms. The first-order valence-corrected chi connectivity index (χ1v) is 6.16. The molecule has 0 amide bonds. The van der Waals surface area contributed by atoms with Gasteiger partial charge in [-0.15, -0.1) is 0 Å². The van der Waals surface area contributed by atoms with Crippen molar-refractivity contribution in [3.05, 3.63) is 46.2 Å². The highest BCUT2D eigenvalue weighted by Crippen LogP contribution is 2.34. The van der Waals surface area contributed by atoms with Gasteiger partial charge in [-0.1, -0.05) is 0 Å². The third kappa shape index (κ3) is 3.02. The minimum Gasteiger partial charge on any atom is -0.496 e. The number of ether oxygens (including phenoxy) is 2. The Morgan fingerprint density at radius 2 is 2.10 bits per heavy atom. The quantitative estimate of drug-likeness (QED) is 0.477. The van der Waals surface area contributed by atoms with Crippen molar-refractivity contribution in [2.75, 3.05) is 13.7 Å². The molecule has 0 aliphatic carbocycles. The number of nitro groups is 1. The summed E-state index contributed by atoms with van der Waals surface area (Å²) in [5.74, 6) is 0.149. The van der Waals surface area contributed by atoms with Gasteiger partial charge in [-0.25, -0.2) is 4.79 Å². The molecule has 0 saturated heterocycles. The largest absolute Gasteiger partial charge is 0.496 e. The number of benzene rings is 1. The van der Waals surface area contributed by atoms with Crippen molar-refractivity contribution < 1.29 is 23.6 Å². The maximum absolute atomic E-state index is 11.6. The van der Waals surface area contributed by atoms with Gasteiger partial charge < -0.3 is 13.9 Å². The van der Waals surface area contributed by atoms with Crippen LogP contribution in [0, 0.1) is 10.1 Å². The van der Waals surface area contributed by atoms with Crippen LogP contribution in [0.15, 0.2) is 34.7 Å². The second-order valence-electron chi connectivity index (χ2n) is 4.03. The van der Waals surface area contributed by atoms with Gasteiger partial charge >= 0.3 is 5.97 Å². The van der Waals surface area contributed by atoms with Crippen molar-refractivity contribution in [3.63, 3.8) is 0 Å². The number of rotatable bonds is 5. The topological polar surface area (TPSA) is 91.8 Å². The number of nitro benzene ring substituents is 1. The summed E-state index contributed by atoms with van der Waals surface area (Å²) in [4.78, 5) is 21.8. The van der Waals surface area contributed by atoms with Crippen molar-refractivity contribution >= 4 is 11.7 Å². The minimum absolute atomic E-state index is 0.0623. The average Bonchev–Trinajstić information content (AvgIpc) is 2.96. The fourth-order valence-corrected chi connectivity index (χ4v) is 1.79. The van der Waals surface area contributed by atoms with Crippen molar-refractivity contribution in [2.24, 2.45) is 0 Å². The third-order valence-corrected chi connectivity index (χ3v) is 2.74. The van der Waals surface area contributed by atoms with Crippen LogP contribution < -0.4 is 4.74 Å². The summed E-state index contributed by atoms with van der Waals surface area (Å²) in [6, 6.07) is 7.20. The molecule has 0 aliphatic rings. The van der Waals surface area contributed by atoms with E-state index in [9.17, 15) is 14.9 Å². The van der Waals surface area contributed by atoms with Crippen LogP contribution in [0.1, 0.15) is 17.5 Å². The molecule has 0 radical (unpaired) electrons. The van der Waals surface area contributed by atoms with E-state index in [4.69, 9.17) is 13.9 Å². The number of esters is 1. The molecule has 0 bridgehead atoms. The molecule has 0 unspecified atom stereocenters. The van der Waals surface area contributed by atoms with Crippen LogP contribution in [0.3, 0.4) is 0 Å². The van der Waals surface area contributed by atoms with Gasteiger partial charge in [0.25, 0.3) is 5.69 Å². The molecule has 0 aliphatic heterocycles. The lowest BCUT2D eigenvalue weighted by molar-refractivity contribution is -0.384. The Bertz CT molecular complexity index is 676. The molecule has 2 rings (SSSR count). The van der Waals surface area contributed by atoms with E-state index in [1.165, 1.54) is 31.4 Å². The van der Waals surface area contributed by atoms with Gasteiger partial charge in [0, 0.05) is 6.07 Å². The van der Waals surface area contributed by atoms with Crippen molar-refractivity contribution in [1.82, 2.24) is 0 Å². The highest BCUT2D eigenvalue weighted by atomic mass is 16.6. The Balaban J connectivity index is 2.38. The summed E-state index contributed by atoms with van der Waals surface area (Å²) < 4.78 is 15.4. The number of furan rings is 1. The fourth-order valence-electron chi connectivity index (χ4n) is 1.79. The van der Waals surface area contributed by atoms with Crippen LogP contribution in [0.4, 0.5) is 5.69 Å². The molecule has 2 aromatic rings. The predicted molar refractivity (Wildman–Crippen MR) is 73.3 cm³/mol. The number of carbonyl (C=O) groups is 1. The first kappa shape index (κ1) is 14.6. The van der Waals surface area contributed by atoms with E-state index in [0.29, 0.717) is 11.3 Å². The van der Waals surface area contributed by atoms with Gasteiger partial charge in [0.05, 0.1) is 30.3 Å². The van der Waals surface area contributed by atoms with Gasteiger partial charge in [-0.05, 0) is 25.1 Å². The first-order chi connectivity index (χ1) is 10.1. The Kier molecular flexibility index (Phi) is 4.22. The van der Waals surface area contributed by atoms with Gasteiger partial charge in [0.1, 0.15) is 11.5 Å². The zero-order valence-electron chi connectivity index (χ0n) is 11.5. The Morgan fingerprint density at radius 3 is 2.71 bits per heavy atom. The van der Waals surface area contributed by atoms with E-state index in [-0.39, 0.29) is 23.8 Å². The summed E-state index contributed by atoms with van der Waals surface area (Å²) in [7, 11) is 1.40. The molecule has 7 nitrogen and oxygen atoms in total. The van der Waals surface area contributed by atoms with Crippen LogP contribution in [0.5, 0.6) is 5.75 Å². The lowest BCUT2D eigenvalue weighted by Crippen LogP contribution is -2.02. The Morgan fingerprint density at radius 1 is 1.33 bits per heavy atom. The summed E-state index contributed by atoms with van der Waals surface area (Å²) >= 11 is 0. The lowest BCUT2D eigenvalue weighted by Gasteiger charge is -2.05. The zero-order chi connectivity index (χ0) is 15.4. The molecule has 1 heterocycles. The van der Waals surface area contributed by atoms with E-state index < -0.39 is 10.9 Å². The van der Waals surface area contributed by atoms with Crippen LogP contribution in [-0.2, 0) is 4.74 Å². The van der Waals surface area contributed by atoms with Crippen LogP contribution in [0.25, 0.3) is 11.3 Å². The molecular formula is C14H13NO6. The zero-order valence-corrected chi connectivity index (χ0v) is 11.5. The highest BCUT2D eigenvalue weighted by Gasteiger charge is 2.18. The molecule has 0 spiro atoms. The molecular weight excluding hydrogens is 278 g/mol. The second kappa shape index (κ2) is 6.08.